The number of benzene rings is 2. The number of para-hydroxylation sites is 1. The number of aryl methyl sites for hydroxylation is 1. The molecule has 1 aliphatic heterocycles. The lowest BCUT2D eigenvalue weighted by Crippen LogP contribution is -2.47. The molecule has 1 aliphatic rings. The molecule has 0 aliphatic carbocycles. The molecule has 0 amide bonds. The van der Waals surface area contributed by atoms with Gasteiger partial charge in [-0.2, -0.15) is 5.10 Å². The van der Waals surface area contributed by atoms with Crippen LogP contribution in [0.15, 0.2) is 59.6 Å². The highest BCUT2D eigenvalue weighted by atomic mass is 16.5. The lowest BCUT2D eigenvalue weighted by molar-refractivity contribution is 0.177. The molecule has 168 valence electrons. The van der Waals surface area contributed by atoms with Crippen molar-refractivity contribution in [2.24, 2.45) is 4.99 Å². The monoisotopic (exact) mass is 434 g/mol. The number of rotatable bonds is 8. The summed E-state index contributed by atoms with van der Waals surface area (Å²) in [5.74, 6) is 4.18. The normalized spacial score (nSPS) is 15.8. The summed E-state index contributed by atoms with van der Waals surface area (Å²) in [6.07, 6.45) is 1.86. The number of guanidine groups is 1. The predicted molar refractivity (Wildman–Crippen MR) is 124 cm³/mol. The number of hydrogen-bond acceptors (Lipinski definition) is 5. The molecule has 32 heavy (non-hydrogen) atoms. The van der Waals surface area contributed by atoms with Crippen LogP contribution in [0.5, 0.6) is 11.5 Å². The van der Waals surface area contributed by atoms with Crippen molar-refractivity contribution in [2.75, 3.05) is 13.7 Å². The van der Waals surface area contributed by atoms with E-state index < -0.39 is 0 Å². The van der Waals surface area contributed by atoms with Gasteiger partial charge in [-0.3, -0.25) is 0 Å². The number of ether oxygens (including phenoxy) is 2. The molecular weight excluding hydrogens is 404 g/mol. The number of nitrogens with one attached hydrogen (secondary N) is 2. The smallest absolute Gasteiger partial charge is 0.191 e. The number of methoxy groups -OCH3 is 1. The van der Waals surface area contributed by atoms with Crippen LogP contribution >= 0.6 is 0 Å². The molecule has 0 saturated carbocycles. The van der Waals surface area contributed by atoms with E-state index in [9.17, 15) is 0 Å². The van der Waals surface area contributed by atoms with Gasteiger partial charge in [-0.25, -0.2) is 14.7 Å². The standard InChI is InChI=1S/C24H30N6O2/c1-3-25-24(27-19-12-13-23-28-22(17-31-2)29-30(23)16-19)26-15-18-8-7-11-21(14-18)32-20-9-5-4-6-10-20/h4-11,14,19H,3,12-13,15-17H2,1-2H3,(H2,25,26,27). The molecule has 0 bridgehead atoms. The Morgan fingerprint density at radius 2 is 2.00 bits per heavy atom. The largest absolute Gasteiger partial charge is 0.457 e. The fourth-order valence-corrected chi connectivity index (χ4v) is 3.68. The van der Waals surface area contributed by atoms with Crippen LogP contribution in [0, 0.1) is 0 Å². The molecule has 8 heteroatoms. The van der Waals surface area contributed by atoms with Gasteiger partial charge in [0.2, 0.25) is 0 Å². The Morgan fingerprint density at radius 3 is 2.81 bits per heavy atom. The molecule has 4 rings (SSSR count). The molecule has 8 nitrogen and oxygen atoms in total. The Kier molecular flexibility index (Phi) is 7.34. The summed E-state index contributed by atoms with van der Waals surface area (Å²) < 4.78 is 13.1. The maximum atomic E-state index is 5.94. The summed E-state index contributed by atoms with van der Waals surface area (Å²) in [5.41, 5.74) is 1.09. The lowest BCUT2D eigenvalue weighted by atomic mass is 10.1. The highest BCUT2D eigenvalue weighted by Gasteiger charge is 2.22. The van der Waals surface area contributed by atoms with Crippen molar-refractivity contribution in [3.8, 4) is 11.5 Å². The Labute approximate surface area is 188 Å². The van der Waals surface area contributed by atoms with Crippen molar-refractivity contribution in [3.63, 3.8) is 0 Å². The molecule has 1 atom stereocenters. The second-order valence-corrected chi connectivity index (χ2v) is 7.70. The zero-order valence-electron chi connectivity index (χ0n) is 18.6. The topological polar surface area (TPSA) is 85.6 Å². The van der Waals surface area contributed by atoms with E-state index in [2.05, 4.69) is 33.7 Å². The second-order valence-electron chi connectivity index (χ2n) is 7.70. The minimum atomic E-state index is 0.241. The van der Waals surface area contributed by atoms with Crippen LogP contribution in [0.3, 0.4) is 0 Å². The van der Waals surface area contributed by atoms with Crippen molar-refractivity contribution in [1.82, 2.24) is 25.4 Å². The van der Waals surface area contributed by atoms with Crippen molar-refractivity contribution in [3.05, 3.63) is 71.8 Å². The van der Waals surface area contributed by atoms with E-state index in [0.717, 1.165) is 60.6 Å². The Morgan fingerprint density at radius 1 is 1.16 bits per heavy atom. The number of aliphatic imine (C=N–C) groups is 1. The number of fused-ring (bicyclic) bond motifs is 1. The minimum Gasteiger partial charge on any atom is -0.457 e. The summed E-state index contributed by atoms with van der Waals surface area (Å²) in [6, 6.07) is 18.1. The Hall–Kier alpha value is -3.39. The van der Waals surface area contributed by atoms with Gasteiger partial charge in [0.15, 0.2) is 11.8 Å². The SMILES string of the molecule is CCNC(=NCc1cccc(Oc2ccccc2)c1)NC1CCc2nc(COC)nn2C1. The van der Waals surface area contributed by atoms with E-state index in [1.807, 2.05) is 53.2 Å². The van der Waals surface area contributed by atoms with Crippen LogP contribution in [0.25, 0.3) is 0 Å². The average molecular weight is 435 g/mol. The van der Waals surface area contributed by atoms with Gasteiger partial charge in [0.1, 0.15) is 23.9 Å². The second kappa shape index (κ2) is 10.8. The van der Waals surface area contributed by atoms with Crippen molar-refractivity contribution < 1.29 is 9.47 Å². The maximum Gasteiger partial charge on any atom is 0.191 e. The molecule has 0 fully saturated rings. The zero-order chi connectivity index (χ0) is 22.2. The predicted octanol–water partition coefficient (Wildman–Crippen LogP) is 3.29. The van der Waals surface area contributed by atoms with Crippen molar-refractivity contribution in [1.29, 1.82) is 0 Å². The van der Waals surface area contributed by atoms with Gasteiger partial charge >= 0.3 is 0 Å². The highest BCUT2D eigenvalue weighted by Crippen LogP contribution is 2.22. The molecular formula is C24H30N6O2. The number of hydrogen-bond donors (Lipinski definition) is 2. The first-order valence-corrected chi connectivity index (χ1v) is 11.0. The van der Waals surface area contributed by atoms with Crippen LogP contribution in [0.4, 0.5) is 0 Å². The maximum absolute atomic E-state index is 5.94. The molecule has 2 heterocycles. The van der Waals surface area contributed by atoms with Crippen LogP contribution in [-0.4, -0.2) is 40.4 Å². The van der Waals surface area contributed by atoms with Gasteiger partial charge < -0.3 is 20.1 Å². The molecule has 2 N–H and O–H groups in total. The quantitative estimate of drug-likeness (QED) is 0.418. The van der Waals surface area contributed by atoms with Gasteiger partial charge in [0.25, 0.3) is 0 Å². The Bertz CT molecular complexity index is 1030. The molecule has 3 aromatic rings. The van der Waals surface area contributed by atoms with Crippen LogP contribution in [-0.2, 0) is 30.9 Å². The van der Waals surface area contributed by atoms with E-state index in [1.54, 1.807) is 7.11 Å². The van der Waals surface area contributed by atoms with Crippen LogP contribution in [0.2, 0.25) is 0 Å². The first-order valence-electron chi connectivity index (χ1n) is 11.0. The van der Waals surface area contributed by atoms with Gasteiger partial charge in [0.05, 0.1) is 13.1 Å². The van der Waals surface area contributed by atoms with Crippen LogP contribution < -0.4 is 15.4 Å². The molecule has 0 spiro atoms. The average Bonchev–Trinajstić information content (AvgIpc) is 3.20. The van der Waals surface area contributed by atoms with Gasteiger partial charge in [-0.05, 0) is 43.2 Å². The third kappa shape index (κ3) is 5.85. The molecule has 1 aromatic heterocycles. The minimum absolute atomic E-state index is 0.241. The van der Waals surface area contributed by atoms with Crippen molar-refractivity contribution in [2.45, 2.75) is 45.5 Å². The van der Waals surface area contributed by atoms with E-state index in [0.29, 0.717) is 13.2 Å². The molecule has 1 unspecified atom stereocenters. The third-order valence-electron chi connectivity index (χ3n) is 5.16. The summed E-state index contributed by atoms with van der Waals surface area (Å²) in [6.45, 7) is 4.62. The van der Waals surface area contributed by atoms with E-state index >= 15 is 0 Å². The van der Waals surface area contributed by atoms with Crippen molar-refractivity contribution >= 4 is 5.96 Å². The number of aromatic nitrogens is 3. The van der Waals surface area contributed by atoms with Gasteiger partial charge in [-0.1, -0.05) is 30.3 Å². The fraction of sp³-hybridized carbons (Fsp3) is 0.375. The van der Waals surface area contributed by atoms with Gasteiger partial charge in [0, 0.05) is 26.1 Å². The van der Waals surface area contributed by atoms with Gasteiger partial charge in [-0.15, -0.1) is 0 Å². The van der Waals surface area contributed by atoms with E-state index in [4.69, 9.17) is 14.5 Å². The summed E-state index contributed by atoms with van der Waals surface area (Å²) in [5, 5.41) is 11.4. The highest BCUT2D eigenvalue weighted by molar-refractivity contribution is 5.80. The number of nitrogens with zero attached hydrogens (tertiary/aromatic N) is 4. The fourth-order valence-electron chi connectivity index (χ4n) is 3.68. The summed E-state index contributed by atoms with van der Waals surface area (Å²) in [4.78, 5) is 9.34. The van der Waals surface area contributed by atoms with Crippen LogP contribution in [0.1, 0.15) is 30.6 Å². The third-order valence-corrected chi connectivity index (χ3v) is 5.16. The first kappa shape index (κ1) is 21.8. The zero-order valence-corrected chi connectivity index (χ0v) is 18.6. The molecule has 0 radical (unpaired) electrons. The lowest BCUT2D eigenvalue weighted by Gasteiger charge is -2.25. The summed E-state index contributed by atoms with van der Waals surface area (Å²) >= 11 is 0. The van der Waals surface area contributed by atoms with E-state index in [-0.39, 0.29) is 6.04 Å². The molecule has 2 aromatic carbocycles. The van der Waals surface area contributed by atoms with E-state index in [1.165, 1.54) is 0 Å². The first-order chi connectivity index (χ1) is 15.7. The Balaban J connectivity index is 1.38. The summed E-state index contributed by atoms with van der Waals surface area (Å²) in [7, 11) is 1.66. The molecule has 0 saturated heterocycles.